The molecule has 0 aliphatic carbocycles. The molecule has 17 heavy (non-hydrogen) atoms. The van der Waals surface area contributed by atoms with E-state index in [9.17, 15) is 0 Å². The first-order valence-corrected chi connectivity index (χ1v) is 6.15. The van der Waals surface area contributed by atoms with E-state index in [0.29, 0.717) is 23.2 Å². The van der Waals surface area contributed by atoms with Crippen molar-refractivity contribution in [1.29, 1.82) is 0 Å². The molecule has 0 unspecified atom stereocenters. The molecule has 3 nitrogen and oxygen atoms in total. The lowest BCUT2D eigenvalue weighted by Gasteiger charge is -2.07. The van der Waals surface area contributed by atoms with Crippen LogP contribution in [0.5, 0.6) is 11.6 Å². The monoisotopic (exact) mass is 312 g/mol. The Morgan fingerprint density at radius 1 is 1.29 bits per heavy atom. The molecule has 1 aromatic carbocycles. The van der Waals surface area contributed by atoms with Gasteiger partial charge in [-0.2, -0.15) is 0 Å². The second kappa shape index (κ2) is 5.49. The van der Waals surface area contributed by atoms with Crippen molar-refractivity contribution in [2.75, 3.05) is 0 Å². The van der Waals surface area contributed by atoms with Crippen LogP contribution < -0.4 is 10.5 Å². The molecule has 0 aliphatic rings. The third-order valence-electron chi connectivity index (χ3n) is 2.10. The zero-order valence-electron chi connectivity index (χ0n) is 8.86. The summed E-state index contributed by atoms with van der Waals surface area (Å²) in [5.74, 6) is 1.05. The smallest absolute Gasteiger partial charge is 0.219 e. The van der Waals surface area contributed by atoms with Gasteiger partial charge in [-0.25, -0.2) is 4.98 Å². The fraction of sp³-hybridized carbons (Fsp3) is 0.0833. The highest BCUT2D eigenvalue weighted by molar-refractivity contribution is 9.10. The lowest BCUT2D eigenvalue weighted by Crippen LogP contribution is -2.00. The molecule has 0 fully saturated rings. The van der Waals surface area contributed by atoms with E-state index in [1.54, 1.807) is 18.2 Å². The Labute approximate surface area is 113 Å². The van der Waals surface area contributed by atoms with Crippen LogP contribution in [0, 0.1) is 0 Å². The molecule has 1 aromatic heterocycles. The molecule has 2 N–H and O–H groups in total. The number of hydrogen-bond donors (Lipinski definition) is 1. The van der Waals surface area contributed by atoms with Crippen LogP contribution in [-0.2, 0) is 6.54 Å². The van der Waals surface area contributed by atoms with Crippen LogP contribution in [0.2, 0.25) is 5.02 Å². The average Bonchev–Trinajstić information content (AvgIpc) is 2.33. The maximum atomic E-state index is 6.05. The minimum atomic E-state index is 0.380. The predicted octanol–water partition coefficient (Wildman–Crippen LogP) is 3.75. The average molecular weight is 314 g/mol. The summed E-state index contributed by atoms with van der Waals surface area (Å²) in [6.45, 7) is 0.380. The number of nitrogens with two attached hydrogens (primary N) is 1. The summed E-state index contributed by atoms with van der Waals surface area (Å²) in [5, 5.41) is 0.527. The summed E-state index contributed by atoms with van der Waals surface area (Å²) in [4.78, 5) is 4.23. The fourth-order valence-corrected chi connectivity index (χ4v) is 2.01. The molecule has 2 aromatic rings. The van der Waals surface area contributed by atoms with Gasteiger partial charge in [-0.3, -0.25) is 0 Å². The SMILES string of the molecule is NCc1cccc(Oc2ccc(Br)cc2Cl)n1. The topological polar surface area (TPSA) is 48.1 Å². The molecule has 0 atom stereocenters. The molecule has 0 spiro atoms. The number of pyridine rings is 1. The van der Waals surface area contributed by atoms with Crippen LogP contribution in [0.15, 0.2) is 40.9 Å². The van der Waals surface area contributed by atoms with Gasteiger partial charge in [-0.15, -0.1) is 0 Å². The number of nitrogens with zero attached hydrogens (tertiary/aromatic N) is 1. The lowest BCUT2D eigenvalue weighted by atomic mass is 10.3. The Hall–Kier alpha value is -1.10. The third-order valence-corrected chi connectivity index (χ3v) is 2.89. The number of benzene rings is 1. The van der Waals surface area contributed by atoms with Gasteiger partial charge in [0.25, 0.3) is 0 Å². The Bertz CT molecular complexity index is 534. The van der Waals surface area contributed by atoms with Crippen molar-refractivity contribution in [3.05, 3.63) is 51.6 Å². The van der Waals surface area contributed by atoms with Gasteiger partial charge in [-0.05, 0) is 24.3 Å². The zero-order valence-corrected chi connectivity index (χ0v) is 11.2. The van der Waals surface area contributed by atoms with Gasteiger partial charge < -0.3 is 10.5 Å². The molecule has 2 rings (SSSR count). The summed E-state index contributed by atoms with van der Waals surface area (Å²) < 4.78 is 6.49. The van der Waals surface area contributed by atoms with E-state index < -0.39 is 0 Å². The number of aromatic nitrogens is 1. The molecule has 0 amide bonds. The molecule has 0 radical (unpaired) electrons. The quantitative estimate of drug-likeness (QED) is 0.939. The largest absolute Gasteiger partial charge is 0.437 e. The highest BCUT2D eigenvalue weighted by atomic mass is 79.9. The van der Waals surface area contributed by atoms with Crippen molar-refractivity contribution < 1.29 is 4.74 Å². The van der Waals surface area contributed by atoms with E-state index >= 15 is 0 Å². The van der Waals surface area contributed by atoms with Crippen molar-refractivity contribution in [2.45, 2.75) is 6.54 Å². The summed E-state index contributed by atoms with van der Waals surface area (Å²) in [5.41, 5.74) is 6.29. The van der Waals surface area contributed by atoms with Gasteiger partial charge in [-0.1, -0.05) is 33.6 Å². The van der Waals surface area contributed by atoms with Crippen LogP contribution >= 0.6 is 27.5 Å². The van der Waals surface area contributed by atoms with Gasteiger partial charge in [0.2, 0.25) is 5.88 Å². The van der Waals surface area contributed by atoms with E-state index in [1.807, 2.05) is 18.2 Å². The first-order chi connectivity index (χ1) is 8.19. The Morgan fingerprint density at radius 3 is 2.82 bits per heavy atom. The lowest BCUT2D eigenvalue weighted by molar-refractivity contribution is 0.461. The van der Waals surface area contributed by atoms with Crippen LogP contribution in [0.3, 0.4) is 0 Å². The maximum Gasteiger partial charge on any atom is 0.219 e. The minimum absolute atomic E-state index is 0.380. The molecule has 0 bridgehead atoms. The summed E-state index contributed by atoms with van der Waals surface area (Å²) >= 11 is 9.38. The molecule has 88 valence electrons. The van der Waals surface area contributed by atoms with Crippen LogP contribution in [0.1, 0.15) is 5.69 Å². The normalized spacial score (nSPS) is 10.3. The van der Waals surface area contributed by atoms with Crippen molar-refractivity contribution in [3.8, 4) is 11.6 Å². The number of halogens is 2. The van der Waals surface area contributed by atoms with E-state index in [2.05, 4.69) is 20.9 Å². The highest BCUT2D eigenvalue weighted by Gasteiger charge is 2.05. The van der Waals surface area contributed by atoms with Crippen LogP contribution in [0.4, 0.5) is 0 Å². The predicted molar refractivity (Wildman–Crippen MR) is 71.4 cm³/mol. The standard InChI is InChI=1S/C12H10BrClN2O/c13-8-4-5-11(10(14)6-8)17-12-3-1-2-9(7-15)16-12/h1-6H,7,15H2. The molecule has 0 saturated heterocycles. The van der Waals surface area contributed by atoms with Gasteiger partial charge in [0.1, 0.15) is 5.75 Å². The number of ether oxygens (including phenoxy) is 1. The molecular formula is C12H10BrClN2O. The molecule has 5 heteroatoms. The Balaban J connectivity index is 2.25. The molecule has 0 aliphatic heterocycles. The second-order valence-electron chi connectivity index (χ2n) is 3.35. The zero-order chi connectivity index (χ0) is 12.3. The van der Waals surface area contributed by atoms with Gasteiger partial charge in [0, 0.05) is 17.1 Å². The number of hydrogen-bond acceptors (Lipinski definition) is 3. The summed E-state index contributed by atoms with van der Waals surface area (Å²) in [6, 6.07) is 10.9. The highest BCUT2D eigenvalue weighted by Crippen LogP contribution is 2.30. The van der Waals surface area contributed by atoms with E-state index in [0.717, 1.165) is 10.2 Å². The summed E-state index contributed by atoms with van der Waals surface area (Å²) in [6.07, 6.45) is 0. The molecule has 1 heterocycles. The van der Waals surface area contributed by atoms with E-state index in [1.165, 1.54) is 0 Å². The first-order valence-electron chi connectivity index (χ1n) is 4.98. The van der Waals surface area contributed by atoms with Crippen molar-refractivity contribution >= 4 is 27.5 Å². The Morgan fingerprint density at radius 2 is 2.12 bits per heavy atom. The van der Waals surface area contributed by atoms with Gasteiger partial charge in [0.15, 0.2) is 0 Å². The number of rotatable bonds is 3. The van der Waals surface area contributed by atoms with Crippen molar-refractivity contribution in [1.82, 2.24) is 4.98 Å². The first kappa shape index (κ1) is 12.4. The molecular weight excluding hydrogens is 304 g/mol. The second-order valence-corrected chi connectivity index (χ2v) is 4.67. The maximum absolute atomic E-state index is 6.05. The van der Waals surface area contributed by atoms with Gasteiger partial charge >= 0.3 is 0 Å². The van der Waals surface area contributed by atoms with Crippen molar-refractivity contribution in [3.63, 3.8) is 0 Å². The van der Waals surface area contributed by atoms with E-state index in [4.69, 9.17) is 22.1 Å². The van der Waals surface area contributed by atoms with Crippen LogP contribution in [0.25, 0.3) is 0 Å². The van der Waals surface area contributed by atoms with Gasteiger partial charge in [0.05, 0.1) is 10.7 Å². The van der Waals surface area contributed by atoms with E-state index in [-0.39, 0.29) is 0 Å². The fourth-order valence-electron chi connectivity index (χ4n) is 1.30. The minimum Gasteiger partial charge on any atom is -0.437 e. The third kappa shape index (κ3) is 3.19. The Kier molecular flexibility index (Phi) is 3.99. The van der Waals surface area contributed by atoms with Crippen molar-refractivity contribution in [2.24, 2.45) is 5.73 Å². The van der Waals surface area contributed by atoms with Crippen LogP contribution in [-0.4, -0.2) is 4.98 Å². The summed E-state index contributed by atoms with van der Waals surface area (Å²) in [7, 11) is 0. The molecule has 0 saturated carbocycles.